The van der Waals surface area contributed by atoms with Gasteiger partial charge in [0.15, 0.2) is 0 Å². The summed E-state index contributed by atoms with van der Waals surface area (Å²) in [7, 11) is 4.46. The Kier molecular flexibility index (Phi) is 15.9. The number of unbranched alkanes of at least 4 members (excludes halogenated alkanes) is 12. The Hall–Kier alpha value is -0.560. The molecule has 0 aromatic rings. The fourth-order valence-corrected chi connectivity index (χ4v) is 2.67. The van der Waals surface area contributed by atoms with Crippen molar-refractivity contribution in [3.05, 3.63) is 24.4 Å². The first-order chi connectivity index (χ1) is 11.1. The highest BCUT2D eigenvalue weighted by molar-refractivity contribution is 4.99. The van der Waals surface area contributed by atoms with Crippen LogP contribution in [-0.4, -0.2) is 25.1 Å². The van der Waals surface area contributed by atoms with E-state index < -0.39 is 0 Å². The average Bonchev–Trinajstić information content (AvgIpc) is 2.54. The van der Waals surface area contributed by atoms with Gasteiger partial charge in [0, 0.05) is 0 Å². The second-order valence-electron chi connectivity index (χ2n) is 7.54. The van der Waals surface area contributed by atoms with E-state index in [1.54, 1.807) is 0 Å². The number of rotatable bonds is 16. The highest BCUT2D eigenvalue weighted by atomic mass is 15.3. The van der Waals surface area contributed by atoms with E-state index in [0.717, 1.165) is 11.0 Å². The zero-order valence-electron chi connectivity index (χ0n) is 16.7. The highest BCUT2D eigenvalue weighted by Crippen LogP contribution is 2.12. The molecular formula is C22H44N+. The molecule has 0 aromatic carbocycles. The zero-order valence-corrected chi connectivity index (χ0v) is 16.7. The van der Waals surface area contributed by atoms with Crippen LogP contribution < -0.4 is 0 Å². The molecule has 0 atom stereocenters. The highest BCUT2D eigenvalue weighted by Gasteiger charge is 2.04. The Bertz CT molecular complexity index is 288. The summed E-state index contributed by atoms with van der Waals surface area (Å²) >= 11 is 0. The molecule has 0 N–H and O–H groups in total. The predicted octanol–water partition coefficient (Wildman–Crippen LogP) is 7.24. The number of hydrogen-bond acceptors (Lipinski definition) is 0. The molecular weight excluding hydrogens is 278 g/mol. The SMILES string of the molecule is CCCCCCCCCCCCCC/C=C/C=C/[N+](C)(C)CC. The van der Waals surface area contributed by atoms with Crippen LogP contribution in [0.15, 0.2) is 24.4 Å². The van der Waals surface area contributed by atoms with Crippen molar-refractivity contribution in [2.75, 3.05) is 20.6 Å². The molecule has 0 heterocycles. The molecule has 0 aliphatic carbocycles. The molecule has 0 radical (unpaired) electrons. The lowest BCUT2D eigenvalue weighted by atomic mass is 10.0. The maximum absolute atomic E-state index is 2.32. The third-order valence-electron chi connectivity index (χ3n) is 4.78. The lowest BCUT2D eigenvalue weighted by Crippen LogP contribution is -2.32. The van der Waals surface area contributed by atoms with Crippen molar-refractivity contribution in [2.24, 2.45) is 0 Å². The summed E-state index contributed by atoms with van der Waals surface area (Å²) in [4.78, 5) is 0. The molecule has 0 aliphatic heterocycles. The van der Waals surface area contributed by atoms with Gasteiger partial charge in [-0.3, -0.25) is 0 Å². The largest absolute Gasteiger partial charge is 0.302 e. The minimum absolute atomic E-state index is 0.961. The lowest BCUT2D eigenvalue weighted by molar-refractivity contribution is -0.836. The summed E-state index contributed by atoms with van der Waals surface area (Å²) in [6.45, 7) is 5.66. The van der Waals surface area contributed by atoms with Crippen molar-refractivity contribution >= 4 is 0 Å². The molecule has 1 nitrogen and oxygen atoms in total. The van der Waals surface area contributed by atoms with Crippen LogP contribution in [0.5, 0.6) is 0 Å². The third-order valence-corrected chi connectivity index (χ3v) is 4.78. The topological polar surface area (TPSA) is 0 Å². The molecule has 0 saturated carbocycles. The summed E-state index contributed by atoms with van der Waals surface area (Å²) in [5.74, 6) is 0. The van der Waals surface area contributed by atoms with Crippen molar-refractivity contribution < 1.29 is 4.48 Å². The van der Waals surface area contributed by atoms with Gasteiger partial charge in [-0.2, -0.15) is 0 Å². The Morgan fingerprint density at radius 1 is 0.609 bits per heavy atom. The van der Waals surface area contributed by atoms with E-state index >= 15 is 0 Å². The van der Waals surface area contributed by atoms with Gasteiger partial charge in [0.2, 0.25) is 0 Å². The van der Waals surface area contributed by atoms with Gasteiger partial charge < -0.3 is 4.48 Å². The van der Waals surface area contributed by atoms with Gasteiger partial charge in [-0.25, -0.2) is 0 Å². The standard InChI is InChI=1S/C22H44N/c1-5-7-8-9-10-11-12-13-14-15-16-17-18-19-20-21-22-23(3,4)6-2/h19-22H,5-18H2,1-4H3/q+1/b20-19+,22-21+. The molecule has 1 heteroatoms. The Balaban J connectivity index is 3.25. The van der Waals surface area contributed by atoms with Gasteiger partial charge in [0.25, 0.3) is 0 Å². The first-order valence-electron chi connectivity index (χ1n) is 10.3. The molecule has 0 fully saturated rings. The fourth-order valence-electron chi connectivity index (χ4n) is 2.67. The van der Waals surface area contributed by atoms with Gasteiger partial charge in [-0.1, -0.05) is 89.7 Å². The third kappa shape index (κ3) is 17.6. The van der Waals surface area contributed by atoms with Crippen LogP contribution in [0, 0.1) is 0 Å². The van der Waals surface area contributed by atoms with E-state index in [4.69, 9.17) is 0 Å². The molecule has 0 unspecified atom stereocenters. The van der Waals surface area contributed by atoms with Crippen LogP contribution in [0.25, 0.3) is 0 Å². The van der Waals surface area contributed by atoms with Crippen molar-refractivity contribution in [1.29, 1.82) is 0 Å². The molecule has 0 amide bonds. The Morgan fingerprint density at radius 3 is 1.57 bits per heavy atom. The van der Waals surface area contributed by atoms with Gasteiger partial charge in [0.1, 0.15) is 0 Å². The van der Waals surface area contributed by atoms with Gasteiger partial charge in [0.05, 0.1) is 26.8 Å². The van der Waals surface area contributed by atoms with Crippen LogP contribution in [0.2, 0.25) is 0 Å². The minimum atomic E-state index is 0.961. The zero-order chi connectivity index (χ0) is 17.2. The smallest absolute Gasteiger partial charge is 0.0954 e. The number of nitrogens with zero attached hydrogens (tertiary/aromatic N) is 1. The van der Waals surface area contributed by atoms with E-state index in [2.05, 4.69) is 52.4 Å². The molecule has 0 aliphatic rings. The monoisotopic (exact) mass is 322 g/mol. The number of quaternary nitrogens is 1. The Morgan fingerprint density at radius 2 is 1.09 bits per heavy atom. The van der Waals surface area contributed by atoms with Crippen LogP contribution in [0.4, 0.5) is 0 Å². The first kappa shape index (κ1) is 22.4. The van der Waals surface area contributed by atoms with E-state index in [1.807, 2.05) is 0 Å². The van der Waals surface area contributed by atoms with Crippen LogP contribution in [-0.2, 0) is 0 Å². The summed E-state index contributed by atoms with van der Waals surface area (Å²) in [5, 5.41) is 0. The van der Waals surface area contributed by atoms with E-state index in [1.165, 1.54) is 83.5 Å². The Labute approximate surface area is 147 Å². The summed E-state index contributed by atoms with van der Waals surface area (Å²) in [5.41, 5.74) is 0. The fraction of sp³-hybridized carbons (Fsp3) is 0.818. The van der Waals surface area contributed by atoms with Crippen molar-refractivity contribution in [3.8, 4) is 0 Å². The number of hydrogen-bond donors (Lipinski definition) is 0. The van der Waals surface area contributed by atoms with Crippen molar-refractivity contribution in [1.82, 2.24) is 0 Å². The normalized spacial score (nSPS) is 12.7. The molecule has 0 aromatic heterocycles. The maximum Gasteiger partial charge on any atom is 0.0954 e. The molecule has 0 rings (SSSR count). The maximum atomic E-state index is 2.32. The summed E-state index contributed by atoms with van der Waals surface area (Å²) in [6.07, 6.45) is 27.4. The van der Waals surface area contributed by atoms with Crippen LogP contribution >= 0.6 is 0 Å². The quantitative estimate of drug-likeness (QED) is 0.159. The first-order valence-corrected chi connectivity index (χ1v) is 10.3. The molecule has 0 spiro atoms. The van der Waals surface area contributed by atoms with E-state index in [9.17, 15) is 0 Å². The molecule has 23 heavy (non-hydrogen) atoms. The number of allylic oxidation sites excluding steroid dienone is 3. The molecule has 0 saturated heterocycles. The lowest BCUT2D eigenvalue weighted by Gasteiger charge is -2.22. The van der Waals surface area contributed by atoms with E-state index in [-0.39, 0.29) is 0 Å². The molecule has 0 bridgehead atoms. The van der Waals surface area contributed by atoms with Gasteiger partial charge in [-0.05, 0) is 25.8 Å². The van der Waals surface area contributed by atoms with Gasteiger partial charge >= 0.3 is 0 Å². The molecule has 136 valence electrons. The van der Waals surface area contributed by atoms with E-state index in [0.29, 0.717) is 0 Å². The second kappa shape index (κ2) is 16.3. The van der Waals surface area contributed by atoms with Gasteiger partial charge in [-0.15, -0.1) is 0 Å². The summed E-state index contributed by atoms with van der Waals surface area (Å²) < 4.78 is 0.961. The van der Waals surface area contributed by atoms with Crippen molar-refractivity contribution in [3.63, 3.8) is 0 Å². The second-order valence-corrected chi connectivity index (χ2v) is 7.54. The van der Waals surface area contributed by atoms with Crippen molar-refractivity contribution in [2.45, 2.75) is 97.3 Å². The minimum Gasteiger partial charge on any atom is -0.302 e. The van der Waals surface area contributed by atoms with Crippen LogP contribution in [0.3, 0.4) is 0 Å². The van der Waals surface area contributed by atoms with Crippen LogP contribution in [0.1, 0.15) is 97.3 Å². The summed E-state index contributed by atoms with van der Waals surface area (Å²) in [6, 6.07) is 0. The average molecular weight is 323 g/mol. The predicted molar refractivity (Wildman–Crippen MR) is 107 cm³/mol.